The Morgan fingerprint density at radius 2 is 1.96 bits per heavy atom. The molecule has 7 heteroatoms. The largest absolute Gasteiger partial charge is 0.480 e. The number of carboxylic acid groups (broad SMARTS) is 1. The molecule has 0 aromatic heterocycles. The zero-order valence-corrected chi connectivity index (χ0v) is 15.3. The van der Waals surface area contributed by atoms with E-state index in [9.17, 15) is 19.5 Å². The van der Waals surface area contributed by atoms with Crippen LogP contribution in [0.5, 0.6) is 0 Å². The van der Waals surface area contributed by atoms with Gasteiger partial charge in [-0.3, -0.25) is 9.59 Å². The van der Waals surface area contributed by atoms with E-state index in [0.717, 1.165) is 0 Å². The fraction of sp³-hybridized carbons (Fsp3) is 0.389. The summed E-state index contributed by atoms with van der Waals surface area (Å²) in [6, 6.07) is 3.46. The van der Waals surface area contributed by atoms with Crippen molar-refractivity contribution in [2.75, 3.05) is 5.32 Å². The SMILES string of the molecule is C/C=C/CC(NC(=O)c1cc(NC(=O)CC(C)C)ccc1Cl)C(=O)O. The maximum absolute atomic E-state index is 12.4. The van der Waals surface area contributed by atoms with Gasteiger partial charge in [-0.05, 0) is 37.5 Å². The summed E-state index contributed by atoms with van der Waals surface area (Å²) >= 11 is 6.04. The van der Waals surface area contributed by atoms with Crippen molar-refractivity contribution in [1.82, 2.24) is 5.32 Å². The van der Waals surface area contributed by atoms with Gasteiger partial charge in [-0.1, -0.05) is 37.6 Å². The van der Waals surface area contributed by atoms with Gasteiger partial charge in [-0.2, -0.15) is 0 Å². The van der Waals surface area contributed by atoms with Crippen molar-refractivity contribution < 1.29 is 19.5 Å². The third kappa shape index (κ3) is 6.97. The van der Waals surface area contributed by atoms with Gasteiger partial charge >= 0.3 is 5.97 Å². The Bertz CT molecular complexity index is 671. The summed E-state index contributed by atoms with van der Waals surface area (Å²) in [4.78, 5) is 35.4. The molecule has 0 bridgehead atoms. The number of hydrogen-bond donors (Lipinski definition) is 3. The lowest BCUT2D eigenvalue weighted by Gasteiger charge is -2.14. The molecule has 136 valence electrons. The van der Waals surface area contributed by atoms with Gasteiger partial charge in [-0.25, -0.2) is 4.79 Å². The zero-order valence-electron chi connectivity index (χ0n) is 14.5. The van der Waals surface area contributed by atoms with E-state index in [1.165, 1.54) is 12.1 Å². The Kier molecular flexibility index (Phi) is 8.15. The zero-order chi connectivity index (χ0) is 19.0. The molecule has 6 nitrogen and oxygen atoms in total. The number of carboxylic acids is 1. The molecule has 1 atom stereocenters. The van der Waals surface area contributed by atoms with E-state index >= 15 is 0 Å². The highest BCUT2D eigenvalue weighted by molar-refractivity contribution is 6.34. The van der Waals surface area contributed by atoms with Crippen LogP contribution in [0.4, 0.5) is 5.69 Å². The molecule has 3 N–H and O–H groups in total. The van der Waals surface area contributed by atoms with E-state index in [4.69, 9.17) is 11.6 Å². The number of nitrogens with one attached hydrogen (secondary N) is 2. The van der Waals surface area contributed by atoms with E-state index < -0.39 is 17.9 Å². The lowest BCUT2D eigenvalue weighted by molar-refractivity contribution is -0.139. The van der Waals surface area contributed by atoms with Crippen molar-refractivity contribution in [3.63, 3.8) is 0 Å². The standard InChI is InChI=1S/C18H23ClN2O4/c1-4-5-6-15(18(24)25)21-17(23)13-10-12(7-8-14(13)19)20-16(22)9-11(2)3/h4-5,7-8,10-11,15H,6,9H2,1-3H3,(H,20,22)(H,21,23)(H,24,25)/b5-4+. The second kappa shape index (κ2) is 9.84. The van der Waals surface area contributed by atoms with Crippen LogP contribution in [0.2, 0.25) is 5.02 Å². The van der Waals surface area contributed by atoms with Crippen molar-refractivity contribution >= 4 is 35.1 Å². The molecule has 0 saturated heterocycles. The third-order valence-electron chi connectivity index (χ3n) is 3.30. The number of hydrogen-bond acceptors (Lipinski definition) is 3. The molecule has 2 amide bonds. The quantitative estimate of drug-likeness (QED) is 0.614. The molecule has 0 fully saturated rings. The fourth-order valence-corrected chi connectivity index (χ4v) is 2.29. The van der Waals surface area contributed by atoms with Gasteiger partial charge < -0.3 is 15.7 Å². The first-order valence-electron chi connectivity index (χ1n) is 7.98. The number of aliphatic carboxylic acids is 1. The molecule has 0 aliphatic heterocycles. The first-order chi connectivity index (χ1) is 11.7. The molecule has 1 aromatic carbocycles. The van der Waals surface area contributed by atoms with E-state index in [2.05, 4.69) is 10.6 Å². The van der Waals surface area contributed by atoms with Crippen molar-refractivity contribution in [1.29, 1.82) is 0 Å². The second-order valence-electron chi connectivity index (χ2n) is 6.01. The molecule has 0 aliphatic carbocycles. The minimum atomic E-state index is -1.14. The van der Waals surface area contributed by atoms with E-state index in [-0.39, 0.29) is 28.8 Å². The lowest BCUT2D eigenvalue weighted by atomic mass is 10.1. The van der Waals surface area contributed by atoms with Crippen LogP contribution < -0.4 is 10.6 Å². The predicted molar refractivity (Wildman–Crippen MR) is 97.9 cm³/mol. The Morgan fingerprint density at radius 3 is 2.52 bits per heavy atom. The molecule has 0 spiro atoms. The third-order valence-corrected chi connectivity index (χ3v) is 3.63. The molecule has 1 aromatic rings. The number of anilines is 1. The van der Waals surface area contributed by atoms with Gasteiger partial charge in [0.15, 0.2) is 0 Å². The molecule has 1 rings (SSSR count). The maximum atomic E-state index is 12.4. The van der Waals surface area contributed by atoms with Crippen molar-refractivity contribution in [2.24, 2.45) is 5.92 Å². The first-order valence-corrected chi connectivity index (χ1v) is 8.36. The van der Waals surface area contributed by atoms with E-state index in [0.29, 0.717) is 12.1 Å². The molecular weight excluding hydrogens is 344 g/mol. The Balaban J connectivity index is 2.91. The molecule has 0 saturated carbocycles. The number of amides is 2. The van der Waals surface area contributed by atoms with E-state index in [1.807, 2.05) is 13.8 Å². The first kappa shape index (κ1) is 20.7. The Labute approximate surface area is 152 Å². The van der Waals surface area contributed by atoms with Gasteiger partial charge in [0, 0.05) is 12.1 Å². The summed E-state index contributed by atoms with van der Waals surface area (Å²) in [5, 5.41) is 14.5. The molecular formula is C18H23ClN2O4. The fourth-order valence-electron chi connectivity index (χ4n) is 2.09. The van der Waals surface area contributed by atoms with Crippen molar-refractivity contribution in [2.45, 2.75) is 39.7 Å². The number of halogens is 1. The van der Waals surface area contributed by atoms with Crippen LogP contribution >= 0.6 is 11.6 Å². The normalized spacial score (nSPS) is 12.2. The molecule has 0 aliphatic rings. The smallest absolute Gasteiger partial charge is 0.326 e. The summed E-state index contributed by atoms with van der Waals surface area (Å²) < 4.78 is 0. The number of rotatable bonds is 8. The summed E-state index contributed by atoms with van der Waals surface area (Å²) in [5.74, 6) is -1.70. The van der Waals surface area contributed by atoms with E-state index in [1.54, 1.807) is 25.1 Å². The van der Waals surface area contributed by atoms with Crippen LogP contribution in [-0.2, 0) is 9.59 Å². The van der Waals surface area contributed by atoms with Crippen LogP contribution in [0.1, 0.15) is 44.0 Å². The average molecular weight is 367 g/mol. The van der Waals surface area contributed by atoms with Crippen LogP contribution in [0.3, 0.4) is 0 Å². The van der Waals surface area contributed by atoms with Gasteiger partial charge in [0.1, 0.15) is 6.04 Å². The maximum Gasteiger partial charge on any atom is 0.326 e. The van der Waals surface area contributed by atoms with Crippen LogP contribution in [0.25, 0.3) is 0 Å². The number of carbonyl (C=O) groups is 3. The van der Waals surface area contributed by atoms with Gasteiger partial charge in [-0.15, -0.1) is 0 Å². The molecule has 0 heterocycles. The minimum Gasteiger partial charge on any atom is -0.480 e. The van der Waals surface area contributed by atoms with Crippen molar-refractivity contribution in [3.8, 4) is 0 Å². The summed E-state index contributed by atoms with van der Waals surface area (Å²) in [7, 11) is 0. The highest BCUT2D eigenvalue weighted by atomic mass is 35.5. The highest BCUT2D eigenvalue weighted by Gasteiger charge is 2.21. The lowest BCUT2D eigenvalue weighted by Crippen LogP contribution is -2.40. The Hall–Kier alpha value is -2.34. The molecule has 1 unspecified atom stereocenters. The van der Waals surface area contributed by atoms with Crippen LogP contribution in [0, 0.1) is 5.92 Å². The van der Waals surface area contributed by atoms with Gasteiger partial charge in [0.25, 0.3) is 5.91 Å². The number of carbonyl (C=O) groups excluding carboxylic acids is 2. The van der Waals surface area contributed by atoms with Crippen molar-refractivity contribution in [3.05, 3.63) is 40.9 Å². The van der Waals surface area contributed by atoms with Gasteiger partial charge in [0.2, 0.25) is 5.91 Å². The Morgan fingerprint density at radius 1 is 1.28 bits per heavy atom. The topological polar surface area (TPSA) is 95.5 Å². The second-order valence-corrected chi connectivity index (χ2v) is 6.42. The molecule has 0 radical (unpaired) electrons. The predicted octanol–water partition coefficient (Wildman–Crippen LogP) is 3.47. The minimum absolute atomic E-state index is 0.107. The van der Waals surface area contributed by atoms with Gasteiger partial charge in [0.05, 0.1) is 10.6 Å². The summed E-state index contributed by atoms with van der Waals surface area (Å²) in [5.41, 5.74) is 0.538. The number of allylic oxidation sites excluding steroid dienone is 1. The van der Waals surface area contributed by atoms with Crippen LogP contribution in [-0.4, -0.2) is 28.9 Å². The summed E-state index contributed by atoms with van der Waals surface area (Å²) in [6.45, 7) is 5.62. The monoisotopic (exact) mass is 366 g/mol. The average Bonchev–Trinajstić information content (AvgIpc) is 2.51. The molecule has 25 heavy (non-hydrogen) atoms. The number of benzene rings is 1. The van der Waals surface area contributed by atoms with Crippen LogP contribution in [0.15, 0.2) is 30.4 Å². The summed E-state index contributed by atoms with van der Waals surface area (Å²) in [6.07, 6.45) is 3.89. The highest BCUT2D eigenvalue weighted by Crippen LogP contribution is 2.21.